The topological polar surface area (TPSA) is 122 Å². The van der Waals surface area contributed by atoms with Crippen LogP contribution in [0.3, 0.4) is 0 Å². The van der Waals surface area contributed by atoms with Crippen LogP contribution in [-0.2, 0) is 16.7 Å². The number of rotatable bonds is 4. The molecule has 1 aromatic heterocycles. The minimum Gasteiger partial charge on any atom is -0.394 e. The largest absolute Gasteiger partial charge is 0.394 e. The van der Waals surface area contributed by atoms with E-state index in [4.69, 9.17) is 10.3 Å². The van der Waals surface area contributed by atoms with Crippen LogP contribution in [0.15, 0.2) is 6.20 Å². The number of hydrogen-bond acceptors (Lipinski definition) is 6. The predicted molar refractivity (Wildman–Crippen MR) is 74.9 cm³/mol. The van der Waals surface area contributed by atoms with Crippen LogP contribution in [0.1, 0.15) is 26.7 Å². The lowest BCUT2D eigenvalue weighted by atomic mass is 10.2. The van der Waals surface area contributed by atoms with Gasteiger partial charge in [-0.05, 0) is 26.7 Å². The number of aliphatic hydroxyl groups is 1. The van der Waals surface area contributed by atoms with Gasteiger partial charge in [-0.25, -0.2) is 4.68 Å². The Bertz CT molecular complexity index is 596. The molecule has 2 atom stereocenters. The fourth-order valence-corrected chi connectivity index (χ4v) is 2.77. The van der Waals surface area contributed by atoms with Crippen molar-refractivity contribution in [3.8, 4) is 0 Å². The van der Waals surface area contributed by atoms with Crippen molar-refractivity contribution >= 4 is 21.6 Å². The summed E-state index contributed by atoms with van der Waals surface area (Å²) in [5, 5.41) is 13.4. The van der Waals surface area contributed by atoms with E-state index in [9.17, 15) is 13.5 Å². The van der Waals surface area contributed by atoms with Gasteiger partial charge in [0.05, 0.1) is 18.4 Å². The Hall–Kier alpha value is -1.32. The van der Waals surface area contributed by atoms with E-state index in [1.54, 1.807) is 11.8 Å². The fraction of sp³-hybridized carbons (Fsp3) is 0.727. The maximum Gasteiger partial charge on any atom is 0.269 e. The first-order valence-electron chi connectivity index (χ1n) is 6.40. The molecule has 0 bridgehead atoms. The Morgan fingerprint density at radius 3 is 2.75 bits per heavy atom. The monoisotopic (exact) mass is 304 g/mol. The molecule has 0 amide bonds. The number of aromatic nitrogens is 2. The molecule has 1 aromatic rings. The molecule has 9 heteroatoms. The highest BCUT2D eigenvalue weighted by atomic mass is 32.2. The summed E-state index contributed by atoms with van der Waals surface area (Å²) >= 11 is 0. The van der Waals surface area contributed by atoms with E-state index < -0.39 is 21.1 Å². The summed E-state index contributed by atoms with van der Waals surface area (Å²) in [7, 11) is -4.14. The van der Waals surface area contributed by atoms with Gasteiger partial charge in [-0.2, -0.15) is 13.5 Å². The fourth-order valence-electron chi connectivity index (χ4n) is 2.44. The molecule has 0 aliphatic carbocycles. The molecule has 2 rings (SSSR count). The third-order valence-corrected chi connectivity index (χ3v) is 4.81. The Kier molecular flexibility index (Phi) is 3.69. The molecule has 1 aliphatic heterocycles. The first kappa shape index (κ1) is 15.1. The van der Waals surface area contributed by atoms with Crippen molar-refractivity contribution in [1.82, 2.24) is 9.78 Å². The number of nitrogens with two attached hydrogens (primary N) is 1. The molecular formula is C11H20N4O4S. The zero-order valence-corrected chi connectivity index (χ0v) is 12.3. The number of hydrogen-bond donors (Lipinski definition) is 3. The van der Waals surface area contributed by atoms with Gasteiger partial charge >= 0.3 is 0 Å². The minimum absolute atomic E-state index is 0.0298. The van der Waals surface area contributed by atoms with Gasteiger partial charge in [0.1, 0.15) is 11.0 Å². The molecule has 114 valence electrons. The summed E-state index contributed by atoms with van der Waals surface area (Å²) in [6.45, 7) is 3.66. The van der Waals surface area contributed by atoms with Gasteiger partial charge in [0.15, 0.2) is 5.82 Å². The highest BCUT2D eigenvalue weighted by Crippen LogP contribution is 2.35. The quantitative estimate of drug-likeness (QED) is 0.672. The highest BCUT2D eigenvalue weighted by molar-refractivity contribution is 7.86. The zero-order chi connectivity index (χ0) is 15.1. The summed E-state index contributed by atoms with van der Waals surface area (Å²) < 4.78 is 32.7. The summed E-state index contributed by atoms with van der Waals surface area (Å²) in [5.41, 5.74) is 5.21. The van der Waals surface area contributed by atoms with Crippen LogP contribution in [0.2, 0.25) is 0 Å². The van der Waals surface area contributed by atoms with Gasteiger partial charge in [-0.15, -0.1) is 0 Å². The van der Waals surface area contributed by atoms with Crippen LogP contribution in [0.4, 0.5) is 11.5 Å². The predicted octanol–water partition coefficient (Wildman–Crippen LogP) is 0.0503. The van der Waals surface area contributed by atoms with Gasteiger partial charge < -0.3 is 15.7 Å². The smallest absolute Gasteiger partial charge is 0.269 e. The molecule has 0 saturated carbocycles. The second kappa shape index (κ2) is 4.90. The molecule has 2 heterocycles. The highest BCUT2D eigenvalue weighted by Gasteiger charge is 2.37. The molecule has 1 aliphatic rings. The van der Waals surface area contributed by atoms with Crippen molar-refractivity contribution in [2.24, 2.45) is 0 Å². The molecule has 0 radical (unpaired) electrons. The van der Waals surface area contributed by atoms with E-state index in [0.717, 1.165) is 6.42 Å². The first-order chi connectivity index (χ1) is 9.13. The minimum atomic E-state index is -4.14. The normalized spacial score (nSPS) is 25.1. The van der Waals surface area contributed by atoms with Crippen LogP contribution in [0, 0.1) is 0 Å². The molecule has 2 unspecified atom stereocenters. The van der Waals surface area contributed by atoms with E-state index in [1.165, 1.54) is 17.8 Å². The molecule has 20 heavy (non-hydrogen) atoms. The Morgan fingerprint density at radius 1 is 1.60 bits per heavy atom. The van der Waals surface area contributed by atoms with Crippen molar-refractivity contribution in [3.63, 3.8) is 0 Å². The first-order valence-corrected chi connectivity index (χ1v) is 7.91. The second-order valence-corrected chi connectivity index (χ2v) is 7.24. The Labute approximate surface area is 117 Å². The maximum absolute atomic E-state index is 11.1. The lowest BCUT2D eigenvalue weighted by Crippen LogP contribution is -2.43. The van der Waals surface area contributed by atoms with E-state index in [0.29, 0.717) is 24.5 Å². The molecule has 0 aromatic carbocycles. The van der Waals surface area contributed by atoms with Crippen molar-refractivity contribution < 1.29 is 18.1 Å². The average Bonchev–Trinajstić information content (AvgIpc) is 2.81. The molecule has 1 saturated heterocycles. The summed E-state index contributed by atoms with van der Waals surface area (Å²) in [6.07, 6.45) is 2.83. The van der Waals surface area contributed by atoms with Crippen molar-refractivity contribution in [1.29, 1.82) is 0 Å². The third kappa shape index (κ3) is 2.74. The van der Waals surface area contributed by atoms with Crippen molar-refractivity contribution in [3.05, 3.63) is 6.20 Å². The van der Waals surface area contributed by atoms with Gasteiger partial charge in [0, 0.05) is 6.54 Å². The lowest BCUT2D eigenvalue weighted by Gasteiger charge is -2.32. The summed E-state index contributed by atoms with van der Waals surface area (Å²) in [4.78, 5) is 1.71. The van der Waals surface area contributed by atoms with Gasteiger partial charge in [-0.3, -0.25) is 4.55 Å². The lowest BCUT2D eigenvalue weighted by molar-refractivity contribution is 0.0701. The van der Waals surface area contributed by atoms with Crippen LogP contribution in [0.5, 0.6) is 0 Å². The maximum atomic E-state index is 11.1. The van der Waals surface area contributed by atoms with E-state index >= 15 is 0 Å². The van der Waals surface area contributed by atoms with Crippen LogP contribution >= 0.6 is 0 Å². The molecular weight excluding hydrogens is 284 g/mol. The second-order valence-electron chi connectivity index (χ2n) is 5.40. The summed E-state index contributed by atoms with van der Waals surface area (Å²) in [6, 6.07) is 0. The molecule has 1 fully saturated rings. The number of anilines is 2. The summed E-state index contributed by atoms with van der Waals surface area (Å²) in [5.74, 6) is 0.489. The third-order valence-electron chi connectivity index (χ3n) is 3.65. The zero-order valence-electron chi connectivity index (χ0n) is 11.5. The van der Waals surface area contributed by atoms with Gasteiger partial charge in [0.2, 0.25) is 0 Å². The SMILES string of the molecule is CC(Cn1ncc(N)c1N1CCCC1(C)O)S(=O)(=O)O. The Balaban J connectivity index is 2.33. The molecule has 4 N–H and O–H groups in total. The van der Waals surface area contributed by atoms with Crippen LogP contribution in [-0.4, -0.2) is 45.4 Å². The van der Waals surface area contributed by atoms with E-state index in [2.05, 4.69) is 5.10 Å². The average molecular weight is 304 g/mol. The van der Waals surface area contributed by atoms with E-state index in [-0.39, 0.29) is 6.54 Å². The number of nitrogen functional groups attached to an aromatic ring is 1. The van der Waals surface area contributed by atoms with Gasteiger partial charge in [0.25, 0.3) is 10.1 Å². The standard InChI is InChI=1S/C11H20N4O4S/c1-8(20(17,18)19)7-15-10(9(12)6-13-15)14-5-3-4-11(14,2)16/h6,8,16H,3-5,7,12H2,1-2H3,(H,17,18,19). The number of nitrogens with zero attached hydrogens (tertiary/aromatic N) is 3. The van der Waals surface area contributed by atoms with Crippen LogP contribution < -0.4 is 10.6 Å². The van der Waals surface area contributed by atoms with Gasteiger partial charge in [-0.1, -0.05) is 0 Å². The molecule has 0 spiro atoms. The van der Waals surface area contributed by atoms with Crippen molar-refractivity contribution in [2.45, 2.75) is 44.2 Å². The van der Waals surface area contributed by atoms with Crippen molar-refractivity contribution in [2.75, 3.05) is 17.2 Å². The molecule has 8 nitrogen and oxygen atoms in total. The Morgan fingerprint density at radius 2 is 2.25 bits per heavy atom. The van der Waals surface area contributed by atoms with Crippen LogP contribution in [0.25, 0.3) is 0 Å². The van der Waals surface area contributed by atoms with E-state index in [1.807, 2.05) is 0 Å².